The topological polar surface area (TPSA) is 105 Å². The van der Waals surface area contributed by atoms with Crippen LogP contribution in [0.25, 0.3) is 11.1 Å². The largest absolute Gasteiger partial charge is 0.426 e. The summed E-state index contributed by atoms with van der Waals surface area (Å²) in [6.07, 6.45) is 0. The molecule has 0 aromatic heterocycles. The molecule has 2 aromatic rings. The Morgan fingerprint density at radius 3 is 1.61 bits per heavy atom. The average Bonchev–Trinajstić information content (AvgIpc) is 2.82. The van der Waals surface area contributed by atoms with Crippen molar-refractivity contribution in [2.45, 2.75) is 34.6 Å². The molecule has 0 aliphatic carbocycles. The van der Waals surface area contributed by atoms with Gasteiger partial charge in [0.25, 0.3) is 0 Å². The first kappa shape index (κ1) is 29.6. The summed E-state index contributed by atoms with van der Waals surface area (Å²) < 4.78 is 51.3. The second-order valence-electron chi connectivity index (χ2n) is 8.66. The molecule has 2 rings (SSSR count). The van der Waals surface area contributed by atoms with Gasteiger partial charge in [0.2, 0.25) is 11.5 Å². The number of benzene rings is 2. The number of rotatable bonds is 9. The molecule has 0 N–H and O–H groups in total. The summed E-state index contributed by atoms with van der Waals surface area (Å²) in [6, 6.07) is 4.21. The van der Waals surface area contributed by atoms with Crippen LogP contribution < -0.4 is 18.9 Å². The molecule has 10 heteroatoms. The van der Waals surface area contributed by atoms with Crippen molar-refractivity contribution in [3.05, 3.63) is 72.4 Å². The molecule has 38 heavy (non-hydrogen) atoms. The Bertz CT molecular complexity index is 1370. The standard InChI is InChI=1S/C28H26F2O8/c1-13(2)25(31)35-18-9-17(10-19(11-18)36-26(32)14(3)4)20-12-21(29)23(37-27(33)15(5)6)24(22(20)30)38-28(34)16(7)8/h9-12,14H,1,5,7H2,2-4,6,8H3. The molecular weight excluding hydrogens is 502 g/mol. The molecule has 200 valence electrons. The van der Waals surface area contributed by atoms with Crippen molar-refractivity contribution in [2.75, 3.05) is 0 Å². The Hall–Kier alpha value is -4.60. The van der Waals surface area contributed by atoms with Crippen molar-refractivity contribution in [2.24, 2.45) is 5.92 Å². The molecule has 0 saturated heterocycles. The highest BCUT2D eigenvalue weighted by molar-refractivity contribution is 5.92. The van der Waals surface area contributed by atoms with Crippen molar-refractivity contribution >= 4 is 23.9 Å². The Labute approximate surface area is 218 Å². The molecule has 0 amide bonds. The predicted octanol–water partition coefficient (Wildman–Crippen LogP) is 5.64. The zero-order valence-corrected chi connectivity index (χ0v) is 21.5. The van der Waals surface area contributed by atoms with Crippen LogP contribution in [0.4, 0.5) is 8.78 Å². The number of carbonyl (C=O) groups excluding carboxylic acids is 4. The molecule has 0 radical (unpaired) electrons. The van der Waals surface area contributed by atoms with E-state index in [1.165, 1.54) is 32.9 Å². The average molecular weight is 529 g/mol. The van der Waals surface area contributed by atoms with Crippen molar-refractivity contribution in [3.8, 4) is 34.1 Å². The highest BCUT2D eigenvalue weighted by Crippen LogP contribution is 2.42. The minimum Gasteiger partial charge on any atom is -0.426 e. The summed E-state index contributed by atoms with van der Waals surface area (Å²) in [4.78, 5) is 48.5. The van der Waals surface area contributed by atoms with Gasteiger partial charge in [-0.3, -0.25) is 4.79 Å². The van der Waals surface area contributed by atoms with E-state index in [4.69, 9.17) is 18.9 Å². The smallest absolute Gasteiger partial charge is 0.338 e. The van der Waals surface area contributed by atoms with Crippen LogP contribution in [-0.2, 0) is 19.2 Å². The number of hydrogen-bond donors (Lipinski definition) is 0. The summed E-state index contributed by atoms with van der Waals surface area (Å²) in [5, 5.41) is 0. The van der Waals surface area contributed by atoms with Gasteiger partial charge in [-0.05, 0) is 44.5 Å². The van der Waals surface area contributed by atoms with Gasteiger partial charge in [-0.1, -0.05) is 33.6 Å². The van der Waals surface area contributed by atoms with Crippen molar-refractivity contribution in [1.29, 1.82) is 0 Å². The number of esters is 4. The number of hydrogen-bond acceptors (Lipinski definition) is 8. The number of halogens is 2. The minimum absolute atomic E-state index is 0.0472. The third-order valence-electron chi connectivity index (χ3n) is 4.66. The van der Waals surface area contributed by atoms with Gasteiger partial charge in [0.15, 0.2) is 11.6 Å². The Morgan fingerprint density at radius 2 is 1.13 bits per heavy atom. The lowest BCUT2D eigenvalue weighted by molar-refractivity contribution is -0.137. The third kappa shape index (κ3) is 7.22. The highest BCUT2D eigenvalue weighted by Gasteiger charge is 2.28. The molecule has 0 aliphatic heterocycles. The van der Waals surface area contributed by atoms with Crippen LogP contribution in [0.1, 0.15) is 34.6 Å². The molecule has 0 spiro atoms. The van der Waals surface area contributed by atoms with E-state index < -0.39 is 58.5 Å². The van der Waals surface area contributed by atoms with Crippen molar-refractivity contribution in [3.63, 3.8) is 0 Å². The summed E-state index contributed by atoms with van der Waals surface area (Å²) in [5.74, 6) is -9.17. The quantitative estimate of drug-likeness (QED) is 0.234. The molecule has 0 unspecified atom stereocenters. The highest BCUT2D eigenvalue weighted by atomic mass is 19.1. The van der Waals surface area contributed by atoms with Crippen LogP contribution in [0.2, 0.25) is 0 Å². The maximum atomic E-state index is 15.8. The van der Waals surface area contributed by atoms with Gasteiger partial charge in [-0.25, -0.2) is 23.2 Å². The van der Waals surface area contributed by atoms with Crippen molar-refractivity contribution in [1.82, 2.24) is 0 Å². The first-order valence-corrected chi connectivity index (χ1v) is 11.1. The van der Waals surface area contributed by atoms with Crippen LogP contribution >= 0.6 is 0 Å². The van der Waals surface area contributed by atoms with E-state index in [1.54, 1.807) is 13.8 Å². The van der Waals surface area contributed by atoms with Crippen molar-refractivity contribution < 1.29 is 46.9 Å². The molecular formula is C28H26F2O8. The summed E-state index contributed by atoms with van der Waals surface area (Å²) in [5.41, 5.74) is -0.868. The van der Waals surface area contributed by atoms with Crippen LogP contribution in [0.3, 0.4) is 0 Å². The second kappa shape index (κ2) is 12.1. The summed E-state index contributed by atoms with van der Waals surface area (Å²) in [6.45, 7) is 17.4. The Kier molecular flexibility index (Phi) is 9.43. The van der Waals surface area contributed by atoms with Gasteiger partial charge in [0, 0.05) is 28.3 Å². The van der Waals surface area contributed by atoms with Crippen LogP contribution in [0.15, 0.2) is 60.7 Å². The maximum absolute atomic E-state index is 15.8. The fourth-order valence-corrected chi connectivity index (χ4v) is 2.62. The zero-order valence-electron chi connectivity index (χ0n) is 21.5. The lowest BCUT2D eigenvalue weighted by Crippen LogP contribution is -2.16. The monoisotopic (exact) mass is 528 g/mol. The van der Waals surface area contributed by atoms with Gasteiger partial charge in [-0.2, -0.15) is 0 Å². The molecule has 0 fully saturated rings. The van der Waals surface area contributed by atoms with E-state index in [-0.39, 0.29) is 33.8 Å². The van der Waals surface area contributed by atoms with E-state index in [0.29, 0.717) is 6.07 Å². The Balaban J connectivity index is 2.79. The molecule has 0 aliphatic rings. The van der Waals surface area contributed by atoms with E-state index in [2.05, 4.69) is 19.7 Å². The Morgan fingerprint density at radius 1 is 0.684 bits per heavy atom. The number of carbonyl (C=O) groups is 4. The first-order chi connectivity index (χ1) is 17.6. The molecule has 0 saturated carbocycles. The minimum atomic E-state index is -1.31. The van der Waals surface area contributed by atoms with Crippen LogP contribution in [0, 0.1) is 17.6 Å². The van der Waals surface area contributed by atoms with E-state index >= 15 is 8.78 Å². The van der Waals surface area contributed by atoms with Gasteiger partial charge >= 0.3 is 23.9 Å². The first-order valence-electron chi connectivity index (χ1n) is 11.1. The normalized spacial score (nSPS) is 10.4. The molecule has 0 heterocycles. The van der Waals surface area contributed by atoms with Gasteiger partial charge in [-0.15, -0.1) is 0 Å². The maximum Gasteiger partial charge on any atom is 0.338 e. The second-order valence-corrected chi connectivity index (χ2v) is 8.66. The molecule has 0 bridgehead atoms. The fourth-order valence-electron chi connectivity index (χ4n) is 2.62. The molecule has 0 atom stereocenters. The van der Waals surface area contributed by atoms with Crippen LogP contribution in [-0.4, -0.2) is 23.9 Å². The van der Waals surface area contributed by atoms with Gasteiger partial charge < -0.3 is 18.9 Å². The SMILES string of the molecule is C=C(C)C(=O)Oc1cc(OC(=O)C(C)C)cc(-c2cc(F)c(OC(=O)C(=C)C)c(OC(=O)C(=C)C)c2F)c1. The zero-order chi connectivity index (χ0) is 28.9. The molecule has 8 nitrogen and oxygen atoms in total. The lowest BCUT2D eigenvalue weighted by Gasteiger charge is -2.16. The van der Waals surface area contributed by atoms with E-state index in [0.717, 1.165) is 6.07 Å². The van der Waals surface area contributed by atoms with E-state index in [9.17, 15) is 19.2 Å². The third-order valence-corrected chi connectivity index (χ3v) is 4.66. The lowest BCUT2D eigenvalue weighted by atomic mass is 10.0. The van der Waals surface area contributed by atoms with Gasteiger partial charge in [0.05, 0.1) is 5.92 Å². The van der Waals surface area contributed by atoms with E-state index in [1.807, 2.05) is 0 Å². The number of ether oxygens (including phenoxy) is 4. The summed E-state index contributed by atoms with van der Waals surface area (Å²) >= 11 is 0. The predicted molar refractivity (Wildman–Crippen MR) is 134 cm³/mol. The van der Waals surface area contributed by atoms with Gasteiger partial charge in [0.1, 0.15) is 11.5 Å². The molecule has 2 aromatic carbocycles. The fraction of sp³-hybridized carbons (Fsp3) is 0.214. The van der Waals surface area contributed by atoms with Crippen LogP contribution in [0.5, 0.6) is 23.0 Å². The summed E-state index contributed by atoms with van der Waals surface area (Å²) in [7, 11) is 0.